The van der Waals surface area contributed by atoms with Crippen molar-refractivity contribution in [1.29, 1.82) is 0 Å². The Bertz CT molecular complexity index is 1230. The van der Waals surface area contributed by atoms with E-state index in [2.05, 4.69) is 20.9 Å². The fraction of sp³-hybridized carbons (Fsp3) is 0.379. The van der Waals surface area contributed by atoms with Crippen LogP contribution in [0.1, 0.15) is 31.4 Å². The van der Waals surface area contributed by atoms with Crippen molar-refractivity contribution in [2.45, 2.75) is 33.2 Å². The van der Waals surface area contributed by atoms with E-state index < -0.39 is 5.41 Å². The predicted molar refractivity (Wildman–Crippen MR) is 166 cm³/mol. The molecule has 0 bridgehead atoms. The molecule has 0 spiro atoms. The monoisotopic (exact) mass is 609 g/mol. The SMILES string of the molecule is CN1C(=O)C(C)(C)C(=O)N(C)c2cc(OCCCN(CCc3cccnc3)Cc3ccncc3)ccc21.Cl.Cl.Cl. The van der Waals surface area contributed by atoms with Crippen molar-refractivity contribution in [3.8, 4) is 5.75 Å². The number of hydrogen-bond donors (Lipinski definition) is 0. The predicted octanol–water partition coefficient (Wildman–Crippen LogP) is 5.22. The summed E-state index contributed by atoms with van der Waals surface area (Å²) in [6, 6.07) is 13.7. The first kappa shape index (κ1) is 35.1. The van der Waals surface area contributed by atoms with Crippen LogP contribution in [0.2, 0.25) is 0 Å². The Morgan fingerprint density at radius 2 is 1.50 bits per heavy atom. The second kappa shape index (κ2) is 15.8. The van der Waals surface area contributed by atoms with Crippen LogP contribution in [0.4, 0.5) is 11.4 Å². The maximum Gasteiger partial charge on any atom is 0.241 e. The third kappa shape index (κ3) is 8.30. The molecule has 0 radical (unpaired) electrons. The number of benzene rings is 1. The molecule has 0 aliphatic carbocycles. The first-order chi connectivity index (χ1) is 17.8. The van der Waals surface area contributed by atoms with Gasteiger partial charge in [-0.3, -0.25) is 24.5 Å². The molecule has 3 heterocycles. The zero-order valence-electron chi connectivity index (χ0n) is 23.3. The molecule has 2 amide bonds. The van der Waals surface area contributed by atoms with Crippen LogP contribution in [-0.4, -0.2) is 60.5 Å². The Kier molecular flexibility index (Phi) is 13.8. The first-order valence-corrected chi connectivity index (χ1v) is 12.6. The van der Waals surface area contributed by atoms with Gasteiger partial charge in [0.1, 0.15) is 11.2 Å². The van der Waals surface area contributed by atoms with Crippen molar-refractivity contribution < 1.29 is 14.3 Å². The third-order valence-corrected chi connectivity index (χ3v) is 6.83. The van der Waals surface area contributed by atoms with E-state index in [0.29, 0.717) is 23.7 Å². The summed E-state index contributed by atoms with van der Waals surface area (Å²) in [6.07, 6.45) is 9.12. The molecule has 1 aromatic carbocycles. The highest BCUT2D eigenvalue weighted by Gasteiger charge is 2.44. The fourth-order valence-electron chi connectivity index (χ4n) is 4.62. The zero-order chi connectivity index (χ0) is 26.4. The number of carbonyl (C=O) groups is 2. The number of halogens is 3. The van der Waals surface area contributed by atoms with E-state index in [1.165, 1.54) is 11.1 Å². The van der Waals surface area contributed by atoms with Gasteiger partial charge in [-0.2, -0.15) is 0 Å². The lowest BCUT2D eigenvalue weighted by molar-refractivity contribution is -0.137. The van der Waals surface area contributed by atoms with Crippen LogP contribution < -0.4 is 14.5 Å². The molecule has 0 unspecified atom stereocenters. The molecule has 8 nitrogen and oxygen atoms in total. The molecule has 3 aromatic rings. The Morgan fingerprint density at radius 1 is 0.825 bits per heavy atom. The summed E-state index contributed by atoms with van der Waals surface area (Å²) in [5.74, 6) is 0.216. The van der Waals surface area contributed by atoms with Gasteiger partial charge in [0.05, 0.1) is 18.0 Å². The van der Waals surface area contributed by atoms with E-state index >= 15 is 0 Å². The fourth-order valence-corrected chi connectivity index (χ4v) is 4.62. The minimum Gasteiger partial charge on any atom is -0.493 e. The molecular weight excluding hydrogens is 573 g/mol. The summed E-state index contributed by atoms with van der Waals surface area (Å²) in [4.78, 5) is 39.7. The molecule has 0 saturated heterocycles. The van der Waals surface area contributed by atoms with Crippen LogP contribution in [-0.2, 0) is 22.6 Å². The van der Waals surface area contributed by atoms with Crippen LogP contribution in [0.3, 0.4) is 0 Å². The molecule has 1 aliphatic heterocycles. The van der Waals surface area contributed by atoms with Crippen molar-refractivity contribution >= 4 is 60.4 Å². The minimum atomic E-state index is -1.13. The van der Waals surface area contributed by atoms with E-state index in [1.807, 2.05) is 55.0 Å². The van der Waals surface area contributed by atoms with Crippen LogP contribution >= 0.6 is 37.2 Å². The number of fused-ring (bicyclic) bond motifs is 1. The van der Waals surface area contributed by atoms with E-state index in [-0.39, 0.29) is 49.0 Å². The smallest absolute Gasteiger partial charge is 0.241 e. The van der Waals surface area contributed by atoms with Gasteiger partial charge in [0.15, 0.2) is 0 Å². The third-order valence-electron chi connectivity index (χ3n) is 6.83. The molecule has 0 fully saturated rings. The number of anilines is 2. The van der Waals surface area contributed by atoms with Crippen LogP contribution in [0.5, 0.6) is 5.75 Å². The van der Waals surface area contributed by atoms with Gasteiger partial charge in [0.2, 0.25) is 11.8 Å². The summed E-state index contributed by atoms with van der Waals surface area (Å²) in [7, 11) is 3.41. The van der Waals surface area contributed by atoms with Crippen LogP contribution in [0.15, 0.2) is 67.3 Å². The largest absolute Gasteiger partial charge is 0.493 e. The number of pyridine rings is 2. The molecule has 1 aliphatic rings. The van der Waals surface area contributed by atoms with Crippen molar-refractivity contribution in [1.82, 2.24) is 14.9 Å². The molecule has 11 heteroatoms. The average molecular weight is 611 g/mol. The highest BCUT2D eigenvalue weighted by atomic mass is 35.5. The molecule has 2 aromatic heterocycles. The van der Waals surface area contributed by atoms with E-state index in [0.717, 1.165) is 32.5 Å². The number of ether oxygens (including phenoxy) is 1. The standard InChI is InChI=1S/C29H35N5O3.3ClH/c1-29(2)27(35)32(3)25-9-8-24(19-26(25)33(4)28(29)36)37-18-6-16-34(21-23-10-14-30-15-11-23)17-12-22-7-5-13-31-20-22;;;/h5,7-11,13-15,19-20H,6,12,16-18,21H2,1-4H3;3*1H. The number of aromatic nitrogens is 2. The van der Waals surface area contributed by atoms with Gasteiger partial charge < -0.3 is 14.5 Å². The topological polar surface area (TPSA) is 78.9 Å². The minimum absolute atomic E-state index is 0. The normalized spacial score (nSPS) is 13.9. The number of amides is 2. The number of rotatable bonds is 10. The molecular formula is C29H38Cl3N5O3. The molecule has 0 atom stereocenters. The van der Waals surface area contributed by atoms with Gasteiger partial charge in [-0.25, -0.2) is 0 Å². The lowest BCUT2D eigenvalue weighted by Crippen LogP contribution is -2.46. The van der Waals surface area contributed by atoms with Gasteiger partial charge in [-0.05, 0) is 68.1 Å². The maximum absolute atomic E-state index is 13.0. The number of carbonyl (C=O) groups excluding carboxylic acids is 2. The summed E-state index contributed by atoms with van der Waals surface area (Å²) in [5, 5.41) is 0. The molecule has 4 rings (SSSR count). The Hall–Kier alpha value is -2.91. The quantitative estimate of drug-likeness (QED) is 0.231. The summed E-state index contributed by atoms with van der Waals surface area (Å²) in [5.41, 5.74) is 2.67. The first-order valence-electron chi connectivity index (χ1n) is 12.6. The Morgan fingerprint density at radius 3 is 2.15 bits per heavy atom. The van der Waals surface area contributed by atoms with E-state index in [1.54, 1.807) is 43.9 Å². The van der Waals surface area contributed by atoms with Crippen LogP contribution in [0, 0.1) is 5.41 Å². The summed E-state index contributed by atoms with van der Waals surface area (Å²) < 4.78 is 6.09. The highest BCUT2D eigenvalue weighted by Crippen LogP contribution is 2.39. The lowest BCUT2D eigenvalue weighted by atomic mass is 9.90. The maximum atomic E-state index is 13.0. The second-order valence-corrected chi connectivity index (χ2v) is 9.95. The zero-order valence-corrected chi connectivity index (χ0v) is 25.7. The highest BCUT2D eigenvalue weighted by molar-refractivity contribution is 6.19. The van der Waals surface area contributed by atoms with Gasteiger partial charge in [-0.15, -0.1) is 37.2 Å². The van der Waals surface area contributed by atoms with Crippen molar-refractivity contribution in [3.63, 3.8) is 0 Å². The van der Waals surface area contributed by atoms with Gasteiger partial charge >= 0.3 is 0 Å². The van der Waals surface area contributed by atoms with Crippen molar-refractivity contribution in [3.05, 3.63) is 78.4 Å². The van der Waals surface area contributed by atoms with E-state index in [4.69, 9.17) is 4.74 Å². The Labute approximate surface area is 255 Å². The van der Waals surface area contributed by atoms with Crippen molar-refractivity contribution in [2.24, 2.45) is 5.41 Å². The van der Waals surface area contributed by atoms with Gasteiger partial charge in [0.25, 0.3) is 0 Å². The van der Waals surface area contributed by atoms with Crippen LogP contribution in [0.25, 0.3) is 0 Å². The molecule has 218 valence electrons. The number of nitrogens with zero attached hydrogens (tertiary/aromatic N) is 5. The number of hydrogen-bond acceptors (Lipinski definition) is 6. The second-order valence-electron chi connectivity index (χ2n) is 9.95. The summed E-state index contributed by atoms with van der Waals surface area (Å²) in [6.45, 7) is 6.49. The van der Waals surface area contributed by atoms with Crippen molar-refractivity contribution in [2.75, 3.05) is 43.6 Å². The van der Waals surface area contributed by atoms with Gasteiger partial charge in [0, 0.05) is 64.6 Å². The Balaban J connectivity index is 0.00000267. The lowest BCUT2D eigenvalue weighted by Gasteiger charge is -2.25. The van der Waals surface area contributed by atoms with Gasteiger partial charge in [-0.1, -0.05) is 6.07 Å². The molecule has 0 N–H and O–H groups in total. The van der Waals surface area contributed by atoms with E-state index in [9.17, 15) is 9.59 Å². The molecule has 0 saturated carbocycles. The molecule has 40 heavy (non-hydrogen) atoms. The summed E-state index contributed by atoms with van der Waals surface area (Å²) >= 11 is 0. The average Bonchev–Trinajstić information content (AvgIpc) is 2.96.